The molecule has 0 aliphatic heterocycles. The van der Waals surface area contributed by atoms with Gasteiger partial charge in [-0.1, -0.05) is 6.07 Å². The minimum absolute atomic E-state index is 0.281. The molecule has 0 fully saturated rings. The van der Waals surface area contributed by atoms with Crippen molar-refractivity contribution in [3.05, 3.63) is 36.2 Å². The highest BCUT2D eigenvalue weighted by Crippen LogP contribution is 1.99. The molecule has 0 spiro atoms. The number of nitrogens with one attached hydrogen (secondary N) is 1. The van der Waals surface area contributed by atoms with Crippen LogP contribution in [0, 0.1) is 0 Å². The first-order valence-electron chi connectivity index (χ1n) is 5.81. The Morgan fingerprint density at radius 3 is 2.79 bits per heavy atom. The van der Waals surface area contributed by atoms with Crippen LogP contribution < -0.4 is 5.32 Å². The highest BCUT2D eigenvalue weighted by Gasteiger charge is 2.17. The fourth-order valence-corrected chi connectivity index (χ4v) is 1.32. The SMILES string of the molecule is CCNC(=O)N(CC=O)C(=O)C=Cc1ccccn1. The molecule has 6 heteroatoms. The van der Waals surface area contributed by atoms with Crippen molar-refractivity contribution in [2.45, 2.75) is 6.92 Å². The molecule has 19 heavy (non-hydrogen) atoms. The van der Waals surface area contributed by atoms with Gasteiger partial charge in [-0.3, -0.25) is 14.7 Å². The number of urea groups is 1. The topological polar surface area (TPSA) is 79.4 Å². The summed E-state index contributed by atoms with van der Waals surface area (Å²) in [6.45, 7) is 1.83. The number of amides is 3. The summed E-state index contributed by atoms with van der Waals surface area (Å²) in [4.78, 5) is 38.7. The van der Waals surface area contributed by atoms with Gasteiger partial charge in [0.15, 0.2) is 0 Å². The lowest BCUT2D eigenvalue weighted by molar-refractivity contribution is -0.125. The lowest BCUT2D eigenvalue weighted by Gasteiger charge is -2.16. The molecule has 0 aliphatic rings. The summed E-state index contributed by atoms with van der Waals surface area (Å²) in [7, 11) is 0. The average molecular weight is 261 g/mol. The number of nitrogens with zero attached hydrogens (tertiary/aromatic N) is 2. The van der Waals surface area contributed by atoms with Crippen molar-refractivity contribution >= 4 is 24.3 Å². The monoisotopic (exact) mass is 261 g/mol. The van der Waals surface area contributed by atoms with Crippen LogP contribution in [0.2, 0.25) is 0 Å². The van der Waals surface area contributed by atoms with Crippen molar-refractivity contribution in [2.75, 3.05) is 13.1 Å². The van der Waals surface area contributed by atoms with Gasteiger partial charge in [0, 0.05) is 18.8 Å². The van der Waals surface area contributed by atoms with E-state index in [2.05, 4.69) is 10.3 Å². The maximum absolute atomic E-state index is 11.8. The second-order valence-electron chi connectivity index (χ2n) is 3.54. The summed E-state index contributed by atoms with van der Waals surface area (Å²) in [6.07, 6.45) is 4.79. The van der Waals surface area contributed by atoms with E-state index in [-0.39, 0.29) is 6.54 Å². The molecular weight excluding hydrogens is 246 g/mol. The van der Waals surface area contributed by atoms with Crippen molar-refractivity contribution in [1.82, 2.24) is 15.2 Å². The highest BCUT2D eigenvalue weighted by atomic mass is 16.2. The summed E-state index contributed by atoms with van der Waals surface area (Å²) >= 11 is 0. The molecule has 0 aliphatic carbocycles. The van der Waals surface area contributed by atoms with Crippen LogP contribution in [0.4, 0.5) is 4.79 Å². The van der Waals surface area contributed by atoms with Crippen LogP contribution in [0.15, 0.2) is 30.5 Å². The molecule has 3 amide bonds. The van der Waals surface area contributed by atoms with Crippen molar-refractivity contribution in [1.29, 1.82) is 0 Å². The van der Waals surface area contributed by atoms with E-state index in [1.54, 1.807) is 31.3 Å². The first kappa shape index (κ1) is 14.6. The highest BCUT2D eigenvalue weighted by molar-refractivity contribution is 6.03. The first-order chi connectivity index (χ1) is 9.19. The molecular formula is C13H15N3O3. The summed E-state index contributed by atoms with van der Waals surface area (Å²) in [5.74, 6) is -0.566. The molecule has 1 aromatic heterocycles. The van der Waals surface area contributed by atoms with Gasteiger partial charge in [0.2, 0.25) is 0 Å². The second kappa shape index (κ2) is 7.75. The zero-order valence-electron chi connectivity index (χ0n) is 10.6. The van der Waals surface area contributed by atoms with Gasteiger partial charge in [-0.05, 0) is 25.1 Å². The molecule has 1 aromatic rings. The molecule has 100 valence electrons. The number of aromatic nitrogens is 1. The maximum atomic E-state index is 11.8. The van der Waals surface area contributed by atoms with Crippen LogP contribution >= 0.6 is 0 Å². The predicted octanol–water partition coefficient (Wildman–Crippen LogP) is 0.852. The Morgan fingerprint density at radius 2 is 2.21 bits per heavy atom. The number of hydrogen-bond acceptors (Lipinski definition) is 4. The molecule has 6 nitrogen and oxygen atoms in total. The number of carbonyl (C=O) groups excluding carboxylic acids is 3. The number of carbonyl (C=O) groups is 3. The Bertz CT molecular complexity index is 471. The Morgan fingerprint density at radius 1 is 1.42 bits per heavy atom. The van der Waals surface area contributed by atoms with E-state index in [0.717, 1.165) is 4.90 Å². The first-order valence-corrected chi connectivity index (χ1v) is 5.81. The molecule has 0 bridgehead atoms. The van der Waals surface area contributed by atoms with E-state index < -0.39 is 11.9 Å². The Balaban J connectivity index is 2.74. The standard InChI is InChI=1S/C13H15N3O3/c1-2-14-13(19)16(9-10-17)12(18)7-6-11-5-3-4-8-15-11/h3-8,10H,2,9H2,1H3,(H,14,19). The zero-order valence-corrected chi connectivity index (χ0v) is 10.6. The van der Waals surface area contributed by atoms with E-state index in [9.17, 15) is 14.4 Å². The summed E-state index contributed by atoms with van der Waals surface area (Å²) < 4.78 is 0. The van der Waals surface area contributed by atoms with Crippen molar-refractivity contribution in [3.63, 3.8) is 0 Å². The molecule has 0 saturated carbocycles. The quantitative estimate of drug-likeness (QED) is 0.629. The van der Waals surface area contributed by atoms with Gasteiger partial charge in [-0.2, -0.15) is 0 Å². The number of rotatable bonds is 5. The number of hydrogen-bond donors (Lipinski definition) is 1. The normalized spacial score (nSPS) is 10.2. The van der Waals surface area contributed by atoms with Crippen LogP contribution in [0.1, 0.15) is 12.6 Å². The van der Waals surface area contributed by atoms with E-state index in [1.165, 1.54) is 12.2 Å². The van der Waals surface area contributed by atoms with Gasteiger partial charge in [0.25, 0.3) is 5.91 Å². The van der Waals surface area contributed by atoms with Crippen LogP contribution in [-0.2, 0) is 9.59 Å². The molecule has 0 atom stereocenters. The Kier molecular flexibility index (Phi) is 5.94. The van der Waals surface area contributed by atoms with Gasteiger partial charge in [0.1, 0.15) is 6.29 Å². The maximum Gasteiger partial charge on any atom is 0.324 e. The van der Waals surface area contributed by atoms with E-state index >= 15 is 0 Å². The summed E-state index contributed by atoms with van der Waals surface area (Å²) in [5, 5.41) is 2.47. The van der Waals surface area contributed by atoms with Gasteiger partial charge in [0.05, 0.1) is 12.2 Å². The molecule has 0 aromatic carbocycles. The van der Waals surface area contributed by atoms with Crippen LogP contribution in [0.25, 0.3) is 6.08 Å². The number of aldehydes is 1. The molecule has 1 heterocycles. The van der Waals surface area contributed by atoms with Gasteiger partial charge in [-0.15, -0.1) is 0 Å². The molecule has 1 rings (SSSR count). The third kappa shape index (κ3) is 4.71. The predicted molar refractivity (Wildman–Crippen MR) is 70.1 cm³/mol. The van der Waals surface area contributed by atoms with Crippen LogP contribution in [0.5, 0.6) is 0 Å². The van der Waals surface area contributed by atoms with Crippen molar-refractivity contribution in [3.8, 4) is 0 Å². The lowest BCUT2D eigenvalue weighted by atomic mass is 10.3. The van der Waals surface area contributed by atoms with Crippen molar-refractivity contribution < 1.29 is 14.4 Å². The smallest absolute Gasteiger partial charge is 0.324 e. The van der Waals surface area contributed by atoms with Gasteiger partial charge < -0.3 is 10.1 Å². The number of pyridine rings is 1. The van der Waals surface area contributed by atoms with Gasteiger partial charge >= 0.3 is 6.03 Å². The van der Waals surface area contributed by atoms with Crippen molar-refractivity contribution in [2.24, 2.45) is 0 Å². The number of imide groups is 1. The van der Waals surface area contributed by atoms with Gasteiger partial charge in [-0.25, -0.2) is 4.79 Å². The third-order valence-electron chi connectivity index (χ3n) is 2.18. The molecule has 0 radical (unpaired) electrons. The second-order valence-corrected chi connectivity index (χ2v) is 3.54. The molecule has 0 unspecified atom stereocenters. The van der Waals surface area contributed by atoms with Crippen LogP contribution in [0.3, 0.4) is 0 Å². The Hall–Kier alpha value is -2.50. The fourth-order valence-electron chi connectivity index (χ4n) is 1.32. The van der Waals surface area contributed by atoms with E-state index in [1.807, 2.05) is 0 Å². The Labute approximate surface area is 111 Å². The van der Waals surface area contributed by atoms with E-state index in [4.69, 9.17) is 0 Å². The third-order valence-corrected chi connectivity index (χ3v) is 2.18. The lowest BCUT2D eigenvalue weighted by Crippen LogP contribution is -2.44. The minimum Gasteiger partial charge on any atom is -0.338 e. The van der Waals surface area contributed by atoms with E-state index in [0.29, 0.717) is 18.5 Å². The summed E-state index contributed by atoms with van der Waals surface area (Å²) in [5.41, 5.74) is 0.595. The largest absolute Gasteiger partial charge is 0.338 e. The molecule has 1 N–H and O–H groups in total. The summed E-state index contributed by atoms with van der Waals surface area (Å²) in [6, 6.07) is 4.67. The zero-order chi connectivity index (χ0) is 14.1. The fraction of sp³-hybridized carbons (Fsp3) is 0.231. The van der Waals surface area contributed by atoms with Crippen LogP contribution in [-0.4, -0.2) is 41.2 Å². The minimum atomic E-state index is -0.592. The average Bonchev–Trinajstić information content (AvgIpc) is 2.43. The molecule has 0 saturated heterocycles.